The van der Waals surface area contributed by atoms with E-state index in [9.17, 15) is 18.2 Å². The minimum absolute atomic E-state index is 0.141. The van der Waals surface area contributed by atoms with Crippen LogP contribution in [0.15, 0.2) is 18.2 Å². The molecule has 0 heterocycles. The van der Waals surface area contributed by atoms with Crippen LogP contribution in [0.2, 0.25) is 5.02 Å². The van der Waals surface area contributed by atoms with Gasteiger partial charge in [0.05, 0.1) is 11.5 Å². The van der Waals surface area contributed by atoms with Crippen LogP contribution in [0.25, 0.3) is 0 Å². The first-order chi connectivity index (χ1) is 9.29. The Kier molecular flexibility index (Phi) is 6.09. The number of hydrogen-bond acceptors (Lipinski definition) is 3. The van der Waals surface area contributed by atoms with E-state index in [1.807, 2.05) is 0 Å². The molecule has 0 aliphatic carbocycles. The van der Waals surface area contributed by atoms with Gasteiger partial charge in [-0.05, 0) is 18.2 Å². The standard InChI is InChI=1S/C12H13ClFNO4S/c1-7(16)15-11(12(17)18)6-20(19)5-8-4-9(13)2-3-10(8)14/h2-4,11H,5-6H2,1H3,(H,15,16)(H,17,18)/t11-,20?/m0/s1. The Hall–Kier alpha value is -1.47. The Bertz CT molecular complexity index is 552. The summed E-state index contributed by atoms with van der Waals surface area (Å²) in [5.41, 5.74) is 0.141. The first-order valence-electron chi connectivity index (χ1n) is 5.58. The molecule has 0 fully saturated rings. The van der Waals surface area contributed by atoms with Crippen molar-refractivity contribution in [3.05, 3.63) is 34.6 Å². The number of halogens is 2. The third-order valence-electron chi connectivity index (χ3n) is 2.35. The van der Waals surface area contributed by atoms with Gasteiger partial charge in [-0.2, -0.15) is 0 Å². The van der Waals surface area contributed by atoms with Crippen molar-refractivity contribution in [2.24, 2.45) is 0 Å². The summed E-state index contributed by atoms with van der Waals surface area (Å²) < 4.78 is 25.3. The van der Waals surface area contributed by atoms with Crippen molar-refractivity contribution in [2.75, 3.05) is 5.75 Å². The summed E-state index contributed by atoms with van der Waals surface area (Å²) in [7, 11) is -1.65. The Morgan fingerprint density at radius 3 is 2.70 bits per heavy atom. The van der Waals surface area contributed by atoms with E-state index >= 15 is 0 Å². The summed E-state index contributed by atoms with van der Waals surface area (Å²) in [5, 5.41) is 11.4. The molecule has 8 heteroatoms. The highest BCUT2D eigenvalue weighted by Gasteiger charge is 2.21. The fourth-order valence-corrected chi connectivity index (χ4v) is 2.97. The highest BCUT2D eigenvalue weighted by atomic mass is 35.5. The Morgan fingerprint density at radius 1 is 1.50 bits per heavy atom. The van der Waals surface area contributed by atoms with Gasteiger partial charge in [0.1, 0.15) is 11.9 Å². The number of nitrogens with one attached hydrogen (secondary N) is 1. The number of carbonyl (C=O) groups is 2. The molecule has 0 saturated heterocycles. The molecule has 110 valence electrons. The van der Waals surface area contributed by atoms with Gasteiger partial charge in [-0.1, -0.05) is 11.6 Å². The van der Waals surface area contributed by atoms with Gasteiger partial charge in [0, 0.05) is 28.3 Å². The van der Waals surface area contributed by atoms with Crippen LogP contribution >= 0.6 is 11.6 Å². The maximum Gasteiger partial charge on any atom is 0.327 e. The molecule has 0 aliphatic heterocycles. The van der Waals surface area contributed by atoms with Crippen molar-refractivity contribution in [1.82, 2.24) is 5.32 Å². The number of hydrogen-bond donors (Lipinski definition) is 2. The van der Waals surface area contributed by atoms with Crippen molar-refractivity contribution in [3.8, 4) is 0 Å². The lowest BCUT2D eigenvalue weighted by atomic mass is 10.2. The molecule has 0 radical (unpaired) electrons. The Balaban J connectivity index is 2.72. The number of amides is 1. The number of aliphatic carboxylic acids is 1. The number of rotatable bonds is 6. The van der Waals surface area contributed by atoms with Crippen LogP contribution in [0.1, 0.15) is 12.5 Å². The minimum atomic E-state index is -1.65. The van der Waals surface area contributed by atoms with Crippen LogP contribution in [-0.4, -0.2) is 33.0 Å². The van der Waals surface area contributed by atoms with Crippen molar-refractivity contribution in [3.63, 3.8) is 0 Å². The molecule has 0 spiro atoms. The van der Waals surface area contributed by atoms with Gasteiger partial charge in [0.15, 0.2) is 0 Å². The third kappa shape index (κ3) is 5.26. The molecule has 1 aromatic carbocycles. The summed E-state index contributed by atoms with van der Waals surface area (Å²) in [5.74, 6) is -2.87. The molecule has 20 heavy (non-hydrogen) atoms. The normalized spacial score (nSPS) is 13.6. The summed E-state index contributed by atoms with van der Waals surface area (Å²) in [6.45, 7) is 1.16. The monoisotopic (exact) mass is 321 g/mol. The van der Waals surface area contributed by atoms with Crippen LogP contribution in [0.3, 0.4) is 0 Å². The second kappa shape index (κ2) is 7.35. The predicted octanol–water partition coefficient (Wildman–Crippen LogP) is 1.32. The number of carboxylic acids is 1. The largest absolute Gasteiger partial charge is 0.480 e. The first kappa shape index (κ1) is 16.6. The number of benzene rings is 1. The zero-order valence-electron chi connectivity index (χ0n) is 10.6. The number of carbonyl (C=O) groups excluding carboxylic acids is 1. The second-order valence-electron chi connectivity index (χ2n) is 4.08. The predicted molar refractivity (Wildman–Crippen MR) is 73.4 cm³/mol. The van der Waals surface area contributed by atoms with Crippen LogP contribution in [-0.2, 0) is 26.1 Å². The molecule has 2 atom stereocenters. The highest BCUT2D eigenvalue weighted by Crippen LogP contribution is 2.16. The van der Waals surface area contributed by atoms with Crippen molar-refractivity contribution in [2.45, 2.75) is 18.7 Å². The van der Waals surface area contributed by atoms with Crippen LogP contribution < -0.4 is 5.32 Å². The molecule has 1 aromatic rings. The molecular formula is C12H13ClFNO4S. The Morgan fingerprint density at radius 2 is 2.15 bits per heavy atom. The zero-order valence-corrected chi connectivity index (χ0v) is 12.1. The van der Waals surface area contributed by atoms with E-state index in [-0.39, 0.29) is 17.1 Å². The lowest BCUT2D eigenvalue weighted by molar-refractivity contribution is -0.140. The number of carboxylic acid groups (broad SMARTS) is 1. The molecule has 0 bridgehead atoms. The second-order valence-corrected chi connectivity index (χ2v) is 6.02. The molecule has 1 rings (SSSR count). The van der Waals surface area contributed by atoms with Gasteiger partial charge >= 0.3 is 5.97 Å². The molecule has 1 amide bonds. The lowest BCUT2D eigenvalue weighted by Crippen LogP contribution is -2.43. The van der Waals surface area contributed by atoms with E-state index in [1.54, 1.807) is 0 Å². The summed E-state index contributed by atoms with van der Waals surface area (Å²) in [6, 6.07) is 2.58. The van der Waals surface area contributed by atoms with Gasteiger partial charge in [-0.25, -0.2) is 9.18 Å². The van der Waals surface area contributed by atoms with Crippen molar-refractivity contribution < 1.29 is 23.3 Å². The minimum Gasteiger partial charge on any atom is -0.480 e. The average Bonchev–Trinajstić information content (AvgIpc) is 2.32. The topological polar surface area (TPSA) is 83.5 Å². The van der Waals surface area contributed by atoms with Gasteiger partial charge < -0.3 is 10.4 Å². The van der Waals surface area contributed by atoms with E-state index in [0.29, 0.717) is 5.02 Å². The van der Waals surface area contributed by atoms with Crippen molar-refractivity contribution in [1.29, 1.82) is 0 Å². The molecular weight excluding hydrogens is 309 g/mol. The maximum atomic E-state index is 13.5. The zero-order chi connectivity index (χ0) is 15.3. The van der Waals surface area contributed by atoms with E-state index in [4.69, 9.17) is 16.7 Å². The molecule has 2 N–H and O–H groups in total. The van der Waals surface area contributed by atoms with E-state index in [2.05, 4.69) is 5.32 Å². The SMILES string of the molecule is CC(=O)N[C@@H](CS(=O)Cc1cc(Cl)ccc1F)C(=O)O. The fourth-order valence-electron chi connectivity index (χ4n) is 1.49. The molecule has 0 saturated carbocycles. The molecule has 5 nitrogen and oxygen atoms in total. The van der Waals surface area contributed by atoms with Gasteiger partial charge in [-0.3, -0.25) is 9.00 Å². The smallest absolute Gasteiger partial charge is 0.327 e. The van der Waals surface area contributed by atoms with E-state index < -0.39 is 34.5 Å². The summed E-state index contributed by atoms with van der Waals surface area (Å²) in [4.78, 5) is 21.7. The molecule has 1 unspecified atom stereocenters. The maximum absolute atomic E-state index is 13.5. The molecule has 0 aliphatic rings. The van der Waals surface area contributed by atoms with Gasteiger partial charge in [0.2, 0.25) is 5.91 Å². The Labute approximate surface area is 122 Å². The quantitative estimate of drug-likeness (QED) is 0.827. The molecule has 0 aromatic heterocycles. The summed E-state index contributed by atoms with van der Waals surface area (Å²) >= 11 is 5.71. The van der Waals surface area contributed by atoms with Gasteiger partial charge in [0.25, 0.3) is 0 Å². The van der Waals surface area contributed by atoms with Crippen LogP contribution in [0.5, 0.6) is 0 Å². The van der Waals surface area contributed by atoms with E-state index in [0.717, 1.165) is 13.0 Å². The fraction of sp³-hybridized carbons (Fsp3) is 0.333. The first-order valence-corrected chi connectivity index (χ1v) is 7.45. The van der Waals surface area contributed by atoms with Crippen molar-refractivity contribution >= 4 is 34.3 Å². The van der Waals surface area contributed by atoms with Crippen LogP contribution in [0.4, 0.5) is 4.39 Å². The van der Waals surface area contributed by atoms with Gasteiger partial charge in [-0.15, -0.1) is 0 Å². The lowest BCUT2D eigenvalue weighted by Gasteiger charge is -2.13. The van der Waals surface area contributed by atoms with E-state index in [1.165, 1.54) is 12.1 Å². The average molecular weight is 322 g/mol. The third-order valence-corrected chi connectivity index (χ3v) is 3.93. The highest BCUT2D eigenvalue weighted by molar-refractivity contribution is 7.84. The summed E-state index contributed by atoms with van der Waals surface area (Å²) in [6.07, 6.45) is 0. The van der Waals surface area contributed by atoms with Crippen LogP contribution in [0, 0.1) is 5.82 Å².